The van der Waals surface area contributed by atoms with Crippen molar-refractivity contribution in [2.24, 2.45) is 4.99 Å². The fourth-order valence-electron chi connectivity index (χ4n) is 2.35. The summed E-state index contributed by atoms with van der Waals surface area (Å²) in [5, 5.41) is 9.75. The first-order valence-corrected chi connectivity index (χ1v) is 10.1. The zero-order valence-electron chi connectivity index (χ0n) is 16.7. The normalized spacial score (nSPS) is 11.6. The third-order valence-electron chi connectivity index (χ3n) is 3.94. The monoisotopic (exact) mass is 387 g/mol. The van der Waals surface area contributed by atoms with Gasteiger partial charge < -0.3 is 15.5 Å². The van der Waals surface area contributed by atoms with Crippen LogP contribution in [0.5, 0.6) is 0 Å². The summed E-state index contributed by atoms with van der Waals surface area (Å²) in [5.41, 5.74) is 2.87. The van der Waals surface area contributed by atoms with Gasteiger partial charge in [0.05, 0.1) is 18.8 Å². The molecule has 0 aliphatic carbocycles. The molecule has 146 valence electrons. The summed E-state index contributed by atoms with van der Waals surface area (Å²) in [7, 11) is 3.50. The lowest BCUT2D eigenvalue weighted by atomic mass is 10.1. The molecule has 0 atom stereocenters. The summed E-state index contributed by atoms with van der Waals surface area (Å²) < 4.78 is 0. The molecule has 7 heteroatoms. The van der Waals surface area contributed by atoms with Gasteiger partial charge in [0.2, 0.25) is 0 Å². The minimum atomic E-state index is 0.00395. The van der Waals surface area contributed by atoms with Crippen LogP contribution in [-0.2, 0) is 13.1 Å². The Kier molecular flexibility index (Phi) is 7.79. The number of carbonyl (C=O) groups excluding carboxylic acids is 1. The van der Waals surface area contributed by atoms with E-state index in [2.05, 4.69) is 39.8 Å². The van der Waals surface area contributed by atoms with E-state index in [1.54, 1.807) is 30.3 Å². The number of thiazole rings is 1. The summed E-state index contributed by atoms with van der Waals surface area (Å²) in [6.07, 6.45) is 0. The van der Waals surface area contributed by atoms with Gasteiger partial charge in [-0.25, -0.2) is 9.98 Å². The molecule has 1 aromatic heterocycles. The number of rotatable bonds is 7. The number of nitrogens with one attached hydrogen (secondary N) is 2. The van der Waals surface area contributed by atoms with Gasteiger partial charge in [0.15, 0.2) is 5.96 Å². The van der Waals surface area contributed by atoms with Gasteiger partial charge in [0.25, 0.3) is 5.91 Å². The second-order valence-electron chi connectivity index (χ2n) is 6.77. The van der Waals surface area contributed by atoms with Crippen molar-refractivity contribution in [3.63, 3.8) is 0 Å². The van der Waals surface area contributed by atoms with E-state index in [-0.39, 0.29) is 5.91 Å². The highest BCUT2D eigenvalue weighted by atomic mass is 32.1. The summed E-state index contributed by atoms with van der Waals surface area (Å²) in [6.45, 7) is 8.32. The summed E-state index contributed by atoms with van der Waals surface area (Å²) in [6, 6.07) is 7.58. The smallest absolute Gasteiger partial charge is 0.253 e. The predicted octanol–water partition coefficient (Wildman–Crippen LogP) is 3.22. The molecule has 1 amide bonds. The third-order valence-corrected chi connectivity index (χ3v) is 4.81. The van der Waals surface area contributed by atoms with Crippen LogP contribution in [-0.4, -0.2) is 42.4 Å². The molecule has 2 N–H and O–H groups in total. The molecule has 0 aliphatic rings. The third kappa shape index (κ3) is 6.36. The Morgan fingerprint density at radius 2 is 1.93 bits per heavy atom. The maximum atomic E-state index is 11.9. The summed E-state index contributed by atoms with van der Waals surface area (Å²) >= 11 is 1.67. The Morgan fingerprint density at radius 3 is 2.48 bits per heavy atom. The fraction of sp³-hybridized carbons (Fsp3) is 0.450. The van der Waals surface area contributed by atoms with Crippen LogP contribution in [0, 0.1) is 0 Å². The standard InChI is InChI=1S/C20H29N5OS/c1-6-21-20(23-12-18-24-17(13-27-18)14(2)3)22-11-15-7-9-16(10-8-15)19(26)25(4)5/h7-10,13-14H,6,11-12H2,1-5H3,(H2,21,22,23). The van der Waals surface area contributed by atoms with Crippen molar-refractivity contribution < 1.29 is 4.79 Å². The molecule has 0 unspecified atom stereocenters. The van der Waals surface area contributed by atoms with Crippen LogP contribution in [0.25, 0.3) is 0 Å². The van der Waals surface area contributed by atoms with Crippen molar-refractivity contribution in [2.75, 3.05) is 20.6 Å². The minimum Gasteiger partial charge on any atom is -0.357 e. The lowest BCUT2D eigenvalue weighted by Gasteiger charge is -2.11. The molecule has 1 aromatic carbocycles. The second-order valence-corrected chi connectivity index (χ2v) is 7.71. The van der Waals surface area contributed by atoms with Crippen LogP contribution in [0.1, 0.15) is 53.3 Å². The maximum Gasteiger partial charge on any atom is 0.253 e. The SMILES string of the molecule is CCNC(=NCc1ccc(C(=O)N(C)C)cc1)NCc1nc(C(C)C)cs1. The van der Waals surface area contributed by atoms with Gasteiger partial charge in [0, 0.05) is 31.6 Å². The molecule has 0 bridgehead atoms. The van der Waals surface area contributed by atoms with Crippen LogP contribution in [0.4, 0.5) is 0 Å². The van der Waals surface area contributed by atoms with Crippen LogP contribution < -0.4 is 10.6 Å². The number of aliphatic imine (C=N–C) groups is 1. The van der Waals surface area contributed by atoms with Gasteiger partial charge in [-0.1, -0.05) is 26.0 Å². The average Bonchev–Trinajstić information content (AvgIpc) is 3.13. The molecular weight excluding hydrogens is 358 g/mol. The Balaban J connectivity index is 1.96. The number of amides is 1. The zero-order chi connectivity index (χ0) is 19.8. The molecule has 0 fully saturated rings. The molecule has 0 saturated heterocycles. The summed E-state index contributed by atoms with van der Waals surface area (Å²) in [4.78, 5) is 22.8. The van der Waals surface area contributed by atoms with Gasteiger partial charge in [-0.3, -0.25) is 4.79 Å². The van der Waals surface area contributed by atoms with Crippen molar-refractivity contribution >= 4 is 23.2 Å². The Labute approximate surface area is 165 Å². The Bertz CT molecular complexity index is 765. The number of hydrogen-bond acceptors (Lipinski definition) is 4. The maximum absolute atomic E-state index is 11.9. The number of nitrogens with zero attached hydrogens (tertiary/aromatic N) is 3. The van der Waals surface area contributed by atoms with E-state index in [1.807, 2.05) is 31.2 Å². The summed E-state index contributed by atoms with van der Waals surface area (Å²) in [5.74, 6) is 1.20. The second kappa shape index (κ2) is 10.1. The number of hydrogen-bond donors (Lipinski definition) is 2. The lowest BCUT2D eigenvalue weighted by Crippen LogP contribution is -2.36. The van der Waals surface area contributed by atoms with E-state index in [0.717, 1.165) is 28.8 Å². The van der Waals surface area contributed by atoms with Crippen LogP contribution >= 0.6 is 11.3 Å². The lowest BCUT2D eigenvalue weighted by molar-refractivity contribution is 0.0827. The van der Waals surface area contributed by atoms with E-state index in [4.69, 9.17) is 0 Å². The van der Waals surface area contributed by atoms with E-state index in [9.17, 15) is 4.79 Å². The molecule has 0 radical (unpaired) electrons. The van der Waals surface area contributed by atoms with E-state index in [0.29, 0.717) is 24.6 Å². The van der Waals surface area contributed by atoms with Crippen molar-refractivity contribution in [3.8, 4) is 0 Å². The largest absolute Gasteiger partial charge is 0.357 e. The van der Waals surface area contributed by atoms with Gasteiger partial charge in [-0.15, -0.1) is 11.3 Å². The van der Waals surface area contributed by atoms with Crippen molar-refractivity contribution in [3.05, 3.63) is 51.5 Å². The van der Waals surface area contributed by atoms with Crippen molar-refractivity contribution in [1.29, 1.82) is 0 Å². The van der Waals surface area contributed by atoms with Crippen molar-refractivity contribution in [1.82, 2.24) is 20.5 Å². The highest BCUT2D eigenvalue weighted by molar-refractivity contribution is 7.09. The number of carbonyl (C=O) groups is 1. The van der Waals surface area contributed by atoms with Gasteiger partial charge in [0.1, 0.15) is 5.01 Å². The van der Waals surface area contributed by atoms with Crippen LogP contribution in [0.15, 0.2) is 34.6 Å². The van der Waals surface area contributed by atoms with Gasteiger partial charge >= 0.3 is 0 Å². The Hall–Kier alpha value is -2.41. The molecule has 0 aliphatic heterocycles. The molecule has 27 heavy (non-hydrogen) atoms. The zero-order valence-corrected chi connectivity index (χ0v) is 17.6. The first-order valence-electron chi connectivity index (χ1n) is 9.17. The minimum absolute atomic E-state index is 0.00395. The van der Waals surface area contributed by atoms with Crippen LogP contribution in [0.3, 0.4) is 0 Å². The molecule has 0 saturated carbocycles. The van der Waals surface area contributed by atoms with E-state index >= 15 is 0 Å². The van der Waals surface area contributed by atoms with Gasteiger partial charge in [-0.2, -0.15) is 0 Å². The van der Waals surface area contributed by atoms with Gasteiger partial charge in [-0.05, 0) is 30.5 Å². The van der Waals surface area contributed by atoms with E-state index < -0.39 is 0 Å². The molecule has 1 heterocycles. The average molecular weight is 388 g/mol. The molecule has 6 nitrogen and oxygen atoms in total. The number of aromatic nitrogens is 1. The molecule has 0 spiro atoms. The molecule has 2 aromatic rings. The topological polar surface area (TPSA) is 69.6 Å². The van der Waals surface area contributed by atoms with Crippen LogP contribution in [0.2, 0.25) is 0 Å². The number of guanidine groups is 1. The highest BCUT2D eigenvalue weighted by Gasteiger charge is 2.08. The van der Waals surface area contributed by atoms with Crippen molar-refractivity contribution in [2.45, 2.75) is 39.8 Å². The highest BCUT2D eigenvalue weighted by Crippen LogP contribution is 2.17. The first-order chi connectivity index (χ1) is 12.9. The fourth-order valence-corrected chi connectivity index (χ4v) is 3.25. The predicted molar refractivity (Wildman–Crippen MR) is 112 cm³/mol. The Morgan fingerprint density at radius 1 is 1.22 bits per heavy atom. The number of benzene rings is 1. The molecular formula is C20H29N5OS. The van der Waals surface area contributed by atoms with E-state index in [1.165, 1.54) is 0 Å². The molecule has 2 rings (SSSR count). The quantitative estimate of drug-likeness (QED) is 0.565. The first kappa shape index (κ1) is 20.9.